The first-order valence-corrected chi connectivity index (χ1v) is 9.01. The fraction of sp³-hybridized carbons (Fsp3) is 0.0435. The van der Waals surface area contributed by atoms with Gasteiger partial charge in [-0.25, -0.2) is 0 Å². The average Bonchev–Trinajstić information content (AvgIpc) is 3.12. The van der Waals surface area contributed by atoms with E-state index in [0.717, 1.165) is 16.5 Å². The number of carbonyl (C=O) groups excluding carboxylic acids is 2. The van der Waals surface area contributed by atoms with Crippen molar-refractivity contribution in [3.8, 4) is 0 Å². The maximum Gasteiger partial charge on any atom is 0.257 e. The van der Waals surface area contributed by atoms with Gasteiger partial charge in [0.25, 0.3) is 5.91 Å². The second kappa shape index (κ2) is 7.80. The molecule has 0 radical (unpaired) electrons. The topological polar surface area (TPSA) is 74.0 Å². The van der Waals surface area contributed by atoms with Crippen molar-refractivity contribution >= 4 is 34.1 Å². The van der Waals surface area contributed by atoms with Crippen LogP contribution < -0.4 is 10.6 Å². The monoisotopic (exact) mass is 369 g/mol. The molecule has 0 saturated heterocycles. The Morgan fingerprint density at radius 3 is 2.36 bits per heavy atom. The van der Waals surface area contributed by atoms with Crippen LogP contribution in [0.1, 0.15) is 15.9 Å². The average molecular weight is 369 g/mol. The van der Waals surface area contributed by atoms with E-state index in [2.05, 4.69) is 15.6 Å². The highest BCUT2D eigenvalue weighted by Gasteiger charge is 2.14. The number of hydrogen-bond acceptors (Lipinski definition) is 2. The predicted molar refractivity (Wildman–Crippen MR) is 111 cm³/mol. The van der Waals surface area contributed by atoms with Crippen LogP contribution in [0.5, 0.6) is 0 Å². The highest BCUT2D eigenvalue weighted by Crippen LogP contribution is 2.20. The highest BCUT2D eigenvalue weighted by molar-refractivity contribution is 6.10. The number of fused-ring (bicyclic) bond motifs is 1. The van der Waals surface area contributed by atoms with Gasteiger partial charge in [0.2, 0.25) is 5.91 Å². The van der Waals surface area contributed by atoms with Gasteiger partial charge in [0.15, 0.2) is 0 Å². The number of rotatable bonds is 5. The van der Waals surface area contributed by atoms with Gasteiger partial charge in [0.1, 0.15) is 0 Å². The number of aromatic nitrogens is 1. The Hall–Kier alpha value is -3.86. The van der Waals surface area contributed by atoms with Crippen LogP contribution in [-0.4, -0.2) is 16.8 Å². The minimum Gasteiger partial charge on any atom is -0.361 e. The van der Waals surface area contributed by atoms with Gasteiger partial charge in [-0.15, -0.1) is 0 Å². The molecule has 0 fully saturated rings. The molecular weight excluding hydrogens is 350 g/mol. The van der Waals surface area contributed by atoms with E-state index in [1.807, 2.05) is 60.8 Å². The third-order valence-corrected chi connectivity index (χ3v) is 4.50. The molecule has 1 heterocycles. The SMILES string of the molecule is O=C(Cc1c[nH]c2ccccc12)Nc1ccccc1C(=O)Nc1ccccc1. The van der Waals surface area contributed by atoms with Gasteiger partial charge >= 0.3 is 0 Å². The van der Waals surface area contributed by atoms with Crippen molar-refractivity contribution in [2.24, 2.45) is 0 Å². The summed E-state index contributed by atoms with van der Waals surface area (Å²) in [4.78, 5) is 28.4. The number of H-pyrrole nitrogens is 1. The first kappa shape index (κ1) is 17.5. The summed E-state index contributed by atoms with van der Waals surface area (Å²) in [6.45, 7) is 0. The van der Waals surface area contributed by atoms with Crippen LogP contribution in [-0.2, 0) is 11.2 Å². The first-order valence-electron chi connectivity index (χ1n) is 9.01. The molecule has 138 valence electrons. The molecule has 0 saturated carbocycles. The molecule has 4 aromatic rings. The summed E-state index contributed by atoms with van der Waals surface area (Å²) in [5.74, 6) is -0.445. The van der Waals surface area contributed by atoms with Crippen LogP contribution in [0.25, 0.3) is 10.9 Å². The van der Waals surface area contributed by atoms with E-state index in [9.17, 15) is 9.59 Å². The Balaban J connectivity index is 1.50. The third-order valence-electron chi connectivity index (χ3n) is 4.50. The lowest BCUT2D eigenvalue weighted by atomic mass is 10.1. The van der Waals surface area contributed by atoms with E-state index in [1.165, 1.54) is 0 Å². The van der Waals surface area contributed by atoms with E-state index in [0.29, 0.717) is 16.9 Å². The van der Waals surface area contributed by atoms with E-state index >= 15 is 0 Å². The predicted octanol–water partition coefficient (Wildman–Crippen LogP) is 4.60. The second-order valence-electron chi connectivity index (χ2n) is 6.45. The van der Waals surface area contributed by atoms with Crippen molar-refractivity contribution in [1.29, 1.82) is 0 Å². The Labute approximate surface area is 162 Å². The van der Waals surface area contributed by atoms with Gasteiger partial charge in [-0.05, 0) is 35.9 Å². The quantitative estimate of drug-likeness (QED) is 0.481. The molecule has 0 aliphatic carbocycles. The molecule has 5 heteroatoms. The van der Waals surface area contributed by atoms with Crippen molar-refractivity contribution in [2.45, 2.75) is 6.42 Å². The molecule has 0 unspecified atom stereocenters. The van der Waals surface area contributed by atoms with E-state index < -0.39 is 0 Å². The molecule has 0 atom stereocenters. The van der Waals surface area contributed by atoms with Crippen LogP contribution in [0.3, 0.4) is 0 Å². The molecule has 3 N–H and O–H groups in total. The van der Waals surface area contributed by atoms with Crippen molar-refractivity contribution in [3.63, 3.8) is 0 Å². The number of benzene rings is 3. The molecule has 0 aliphatic rings. The Bertz CT molecular complexity index is 1130. The molecule has 0 spiro atoms. The van der Waals surface area contributed by atoms with Crippen LogP contribution >= 0.6 is 0 Å². The van der Waals surface area contributed by atoms with Crippen molar-refractivity contribution in [1.82, 2.24) is 4.98 Å². The number of aromatic amines is 1. The van der Waals surface area contributed by atoms with Crippen LogP contribution in [0.15, 0.2) is 85.1 Å². The Morgan fingerprint density at radius 1 is 0.786 bits per heavy atom. The van der Waals surface area contributed by atoms with Gasteiger partial charge in [0.05, 0.1) is 17.7 Å². The smallest absolute Gasteiger partial charge is 0.257 e. The van der Waals surface area contributed by atoms with Crippen molar-refractivity contribution in [3.05, 3.63) is 96.2 Å². The number of para-hydroxylation sites is 3. The summed E-state index contributed by atoms with van der Waals surface area (Å²) in [5.41, 5.74) is 3.51. The summed E-state index contributed by atoms with van der Waals surface area (Å²) >= 11 is 0. The van der Waals surface area contributed by atoms with E-state index in [-0.39, 0.29) is 18.2 Å². The van der Waals surface area contributed by atoms with Gasteiger partial charge in [0, 0.05) is 22.8 Å². The normalized spacial score (nSPS) is 10.6. The second-order valence-corrected chi connectivity index (χ2v) is 6.45. The molecular formula is C23H19N3O2. The number of nitrogens with one attached hydrogen (secondary N) is 3. The Morgan fingerprint density at radius 2 is 1.50 bits per heavy atom. The number of hydrogen-bond donors (Lipinski definition) is 3. The van der Waals surface area contributed by atoms with Crippen LogP contribution in [0.4, 0.5) is 11.4 Å². The minimum absolute atomic E-state index is 0.176. The van der Waals surface area contributed by atoms with Gasteiger partial charge < -0.3 is 15.6 Å². The third kappa shape index (κ3) is 3.78. The van der Waals surface area contributed by atoms with Crippen LogP contribution in [0, 0.1) is 0 Å². The summed E-state index contributed by atoms with van der Waals surface area (Å²) in [6.07, 6.45) is 2.07. The summed E-state index contributed by atoms with van der Waals surface area (Å²) in [5, 5.41) is 6.73. The van der Waals surface area contributed by atoms with Gasteiger partial charge in [-0.2, -0.15) is 0 Å². The van der Waals surface area contributed by atoms with Gasteiger partial charge in [-0.3, -0.25) is 9.59 Å². The molecule has 3 aromatic carbocycles. The fourth-order valence-corrected chi connectivity index (χ4v) is 3.16. The zero-order chi connectivity index (χ0) is 19.3. The molecule has 0 bridgehead atoms. The maximum absolute atomic E-state index is 12.6. The zero-order valence-corrected chi connectivity index (χ0v) is 15.1. The standard InChI is InChI=1S/C23H19N3O2/c27-22(14-16-15-24-20-12-6-4-10-18(16)20)26-21-13-7-5-11-19(21)23(28)25-17-8-2-1-3-9-17/h1-13,15,24H,14H2,(H,25,28)(H,26,27). The lowest BCUT2D eigenvalue weighted by Gasteiger charge is -2.11. The zero-order valence-electron chi connectivity index (χ0n) is 15.1. The Kier molecular flexibility index (Phi) is 4.89. The molecule has 1 aromatic heterocycles. The number of amides is 2. The molecule has 5 nitrogen and oxygen atoms in total. The van der Waals surface area contributed by atoms with Crippen molar-refractivity contribution in [2.75, 3.05) is 10.6 Å². The van der Waals surface area contributed by atoms with E-state index in [4.69, 9.17) is 0 Å². The summed E-state index contributed by atoms with van der Waals surface area (Å²) in [6, 6.07) is 24.1. The van der Waals surface area contributed by atoms with Gasteiger partial charge in [-0.1, -0.05) is 48.5 Å². The molecule has 28 heavy (non-hydrogen) atoms. The molecule has 4 rings (SSSR count). The van der Waals surface area contributed by atoms with Crippen molar-refractivity contribution < 1.29 is 9.59 Å². The number of anilines is 2. The highest BCUT2D eigenvalue weighted by atomic mass is 16.2. The lowest BCUT2D eigenvalue weighted by Crippen LogP contribution is -2.19. The largest absolute Gasteiger partial charge is 0.361 e. The molecule has 0 aliphatic heterocycles. The lowest BCUT2D eigenvalue weighted by molar-refractivity contribution is -0.115. The first-order chi connectivity index (χ1) is 13.7. The van der Waals surface area contributed by atoms with E-state index in [1.54, 1.807) is 24.3 Å². The van der Waals surface area contributed by atoms with Crippen LogP contribution in [0.2, 0.25) is 0 Å². The minimum atomic E-state index is -0.269. The molecule has 2 amide bonds. The summed E-state index contributed by atoms with van der Waals surface area (Å²) in [7, 11) is 0. The summed E-state index contributed by atoms with van der Waals surface area (Å²) < 4.78 is 0. The fourth-order valence-electron chi connectivity index (χ4n) is 3.16. The maximum atomic E-state index is 12.6. The number of carbonyl (C=O) groups is 2.